The highest BCUT2D eigenvalue weighted by molar-refractivity contribution is 9.09. The number of allylic oxidation sites excluding steroid dienone is 1. The van der Waals surface area contributed by atoms with Gasteiger partial charge in [-0.05, 0) is 49.9 Å². The summed E-state index contributed by atoms with van der Waals surface area (Å²) >= 11 is 9.78. The van der Waals surface area contributed by atoms with Crippen molar-refractivity contribution >= 4 is 56.9 Å². The van der Waals surface area contributed by atoms with Crippen molar-refractivity contribution in [3.05, 3.63) is 54.6 Å². The minimum Gasteiger partial charge on any atom is -0.460 e. The number of hydrogen-bond acceptors (Lipinski definition) is 7. The number of anilines is 1. The Morgan fingerprint density at radius 1 is 1.25 bits per heavy atom. The smallest absolute Gasteiger partial charge is 0.312 e. The van der Waals surface area contributed by atoms with Crippen molar-refractivity contribution in [3.63, 3.8) is 0 Å². The van der Waals surface area contributed by atoms with Crippen LogP contribution >= 0.6 is 27.5 Å². The standard InChI is InChI=1S/C32H41BrClN3O7/c1-6-8-9-24(39)35-16-19(5)43-31(42)25-26-29(40)37(23(17-38)18(3)4)28(32(26)15-22(33)27(25)44-32)30(41)36(14-7-2)21-12-10-20(34)11-13-21/h6-7,10-13,18-19,22-23,25-28,38H,1-2,8-9,14-17H2,3-5H3,(H,35,39)/t19-,22?,23-,25+,26-,27+,28+,32-/m0/s1. The molecule has 44 heavy (non-hydrogen) atoms. The molecule has 12 heteroatoms. The number of halogens is 2. The minimum absolute atomic E-state index is 0.103. The largest absolute Gasteiger partial charge is 0.460 e. The lowest BCUT2D eigenvalue weighted by Crippen LogP contribution is -2.60. The molecule has 4 rings (SSSR count). The Kier molecular flexibility index (Phi) is 11.0. The number of fused-ring (bicyclic) bond motifs is 1. The molecule has 3 amide bonds. The molecule has 1 spiro atoms. The minimum atomic E-state index is -1.34. The fraction of sp³-hybridized carbons (Fsp3) is 0.562. The van der Waals surface area contributed by atoms with Crippen LogP contribution in [0.15, 0.2) is 49.6 Å². The summed E-state index contributed by atoms with van der Waals surface area (Å²) in [5.74, 6) is -3.86. The zero-order valence-electron chi connectivity index (χ0n) is 25.3. The molecule has 3 aliphatic heterocycles. The van der Waals surface area contributed by atoms with Crippen LogP contribution < -0.4 is 10.2 Å². The first-order valence-corrected chi connectivity index (χ1v) is 16.2. The molecule has 3 saturated heterocycles. The second-order valence-corrected chi connectivity index (χ2v) is 13.6. The maximum atomic E-state index is 14.6. The highest BCUT2D eigenvalue weighted by Gasteiger charge is 2.77. The Hall–Kier alpha value is -2.73. The van der Waals surface area contributed by atoms with Crippen LogP contribution in [-0.4, -0.2) is 88.1 Å². The average Bonchev–Trinajstić information content (AvgIpc) is 3.57. The van der Waals surface area contributed by atoms with Crippen LogP contribution in [0.1, 0.15) is 40.0 Å². The van der Waals surface area contributed by atoms with E-state index in [0.717, 1.165) is 0 Å². The summed E-state index contributed by atoms with van der Waals surface area (Å²) in [6.07, 6.45) is 2.97. The number of nitrogens with zero attached hydrogens (tertiary/aromatic N) is 2. The van der Waals surface area contributed by atoms with Crippen LogP contribution in [0.5, 0.6) is 0 Å². The molecule has 0 saturated carbocycles. The highest BCUT2D eigenvalue weighted by Crippen LogP contribution is 2.61. The van der Waals surface area contributed by atoms with Crippen molar-refractivity contribution < 1.29 is 33.8 Å². The second kappa shape index (κ2) is 14.1. The van der Waals surface area contributed by atoms with E-state index in [-0.39, 0.29) is 42.8 Å². The number of carbonyl (C=O) groups excluding carboxylic acids is 4. The maximum absolute atomic E-state index is 14.6. The highest BCUT2D eigenvalue weighted by atomic mass is 79.9. The van der Waals surface area contributed by atoms with E-state index in [4.69, 9.17) is 21.1 Å². The number of esters is 1. The molecule has 1 aromatic carbocycles. The molecule has 8 atom stereocenters. The third-order valence-corrected chi connectivity index (χ3v) is 9.84. The van der Waals surface area contributed by atoms with Gasteiger partial charge >= 0.3 is 5.97 Å². The van der Waals surface area contributed by atoms with Gasteiger partial charge in [-0.2, -0.15) is 0 Å². The average molecular weight is 695 g/mol. The van der Waals surface area contributed by atoms with Crippen molar-refractivity contribution in [2.24, 2.45) is 17.8 Å². The lowest BCUT2D eigenvalue weighted by molar-refractivity contribution is -0.159. The predicted molar refractivity (Wildman–Crippen MR) is 170 cm³/mol. The fourth-order valence-corrected chi connectivity index (χ4v) is 7.78. The van der Waals surface area contributed by atoms with E-state index in [1.807, 2.05) is 13.8 Å². The first-order valence-electron chi connectivity index (χ1n) is 14.9. The van der Waals surface area contributed by atoms with Gasteiger partial charge in [0.25, 0.3) is 5.91 Å². The molecule has 0 radical (unpaired) electrons. The number of likely N-dealkylation sites (tertiary alicyclic amines) is 1. The molecule has 3 aliphatic rings. The molecule has 240 valence electrons. The maximum Gasteiger partial charge on any atom is 0.312 e. The molecule has 10 nitrogen and oxygen atoms in total. The van der Waals surface area contributed by atoms with Gasteiger partial charge in [0.2, 0.25) is 11.8 Å². The number of ether oxygens (including phenoxy) is 2. The molecule has 1 aromatic rings. The first-order chi connectivity index (χ1) is 20.9. The number of alkyl halides is 1. The van der Waals surface area contributed by atoms with Gasteiger partial charge < -0.3 is 29.7 Å². The summed E-state index contributed by atoms with van der Waals surface area (Å²) in [5, 5.41) is 13.7. The number of aliphatic hydroxyl groups is 1. The van der Waals surface area contributed by atoms with Crippen LogP contribution in [0, 0.1) is 17.8 Å². The Morgan fingerprint density at radius 2 is 1.93 bits per heavy atom. The molecule has 2 N–H and O–H groups in total. The molecular formula is C32H41BrClN3O7. The summed E-state index contributed by atoms with van der Waals surface area (Å²) in [4.78, 5) is 57.5. The van der Waals surface area contributed by atoms with Gasteiger partial charge in [-0.3, -0.25) is 19.2 Å². The Labute approximate surface area is 271 Å². The molecule has 0 aromatic heterocycles. The van der Waals surface area contributed by atoms with Crippen molar-refractivity contribution in [1.82, 2.24) is 10.2 Å². The van der Waals surface area contributed by atoms with E-state index >= 15 is 0 Å². The zero-order valence-corrected chi connectivity index (χ0v) is 27.6. The van der Waals surface area contributed by atoms with E-state index in [2.05, 4.69) is 34.4 Å². The van der Waals surface area contributed by atoms with Crippen LogP contribution in [0.4, 0.5) is 5.69 Å². The Bertz CT molecular complexity index is 1280. The zero-order chi connectivity index (χ0) is 32.3. The normalized spacial score (nSPS) is 28.4. The number of aliphatic hydroxyl groups excluding tert-OH is 1. The molecule has 2 bridgehead atoms. The van der Waals surface area contributed by atoms with Gasteiger partial charge in [-0.25, -0.2) is 0 Å². The van der Waals surface area contributed by atoms with Gasteiger partial charge in [0.1, 0.15) is 17.7 Å². The number of nitrogens with one attached hydrogen (secondary N) is 1. The molecule has 3 fully saturated rings. The quantitative estimate of drug-likeness (QED) is 0.173. The Balaban J connectivity index is 1.69. The van der Waals surface area contributed by atoms with E-state index in [1.165, 1.54) is 9.80 Å². The van der Waals surface area contributed by atoms with Gasteiger partial charge in [-0.1, -0.05) is 53.5 Å². The third kappa shape index (κ3) is 6.34. The number of amides is 3. The third-order valence-electron chi connectivity index (χ3n) is 8.74. The Morgan fingerprint density at radius 3 is 2.52 bits per heavy atom. The summed E-state index contributed by atoms with van der Waals surface area (Å²) in [6, 6.07) is 4.94. The van der Waals surface area contributed by atoms with E-state index in [0.29, 0.717) is 23.6 Å². The fourth-order valence-electron chi connectivity index (χ4n) is 6.71. The SMILES string of the molecule is C=CCCC(=O)NC[C@H](C)OC(=O)[C@H]1[C@@H]2O[C@@]3(CC2Br)[C@@H]1C(=O)N([C@@H](CO)C(C)C)[C@@H]3C(=O)N(CC=C)c1ccc(Cl)cc1. The molecule has 3 heterocycles. The molecule has 0 aliphatic carbocycles. The summed E-state index contributed by atoms with van der Waals surface area (Å²) in [5.41, 5.74) is -0.785. The number of carbonyl (C=O) groups is 4. The summed E-state index contributed by atoms with van der Waals surface area (Å²) < 4.78 is 12.3. The number of rotatable bonds is 14. The van der Waals surface area contributed by atoms with Gasteiger partial charge in [0.05, 0.1) is 37.1 Å². The first kappa shape index (κ1) is 34.1. The van der Waals surface area contributed by atoms with E-state index in [1.54, 1.807) is 43.3 Å². The summed E-state index contributed by atoms with van der Waals surface area (Å²) in [6.45, 7) is 12.7. The summed E-state index contributed by atoms with van der Waals surface area (Å²) in [7, 11) is 0. The monoisotopic (exact) mass is 693 g/mol. The molecule has 1 unspecified atom stereocenters. The lowest BCUT2D eigenvalue weighted by Gasteiger charge is -2.40. The van der Waals surface area contributed by atoms with Gasteiger partial charge in [-0.15, -0.1) is 13.2 Å². The van der Waals surface area contributed by atoms with E-state index in [9.17, 15) is 24.3 Å². The van der Waals surface area contributed by atoms with Crippen LogP contribution in [0.3, 0.4) is 0 Å². The van der Waals surface area contributed by atoms with Crippen LogP contribution in [-0.2, 0) is 28.7 Å². The molecular weight excluding hydrogens is 654 g/mol. The number of benzene rings is 1. The van der Waals surface area contributed by atoms with Crippen LogP contribution in [0.25, 0.3) is 0 Å². The van der Waals surface area contributed by atoms with E-state index < -0.39 is 59.5 Å². The lowest BCUT2D eigenvalue weighted by atomic mass is 9.70. The second-order valence-electron chi connectivity index (χ2n) is 12.0. The topological polar surface area (TPSA) is 125 Å². The van der Waals surface area contributed by atoms with Crippen molar-refractivity contribution in [1.29, 1.82) is 0 Å². The van der Waals surface area contributed by atoms with Gasteiger partial charge in [0, 0.05) is 28.5 Å². The van der Waals surface area contributed by atoms with Crippen LogP contribution in [0.2, 0.25) is 5.02 Å². The number of hydrogen-bond donors (Lipinski definition) is 2. The van der Waals surface area contributed by atoms with Crippen molar-refractivity contribution in [2.45, 2.75) is 74.8 Å². The van der Waals surface area contributed by atoms with Gasteiger partial charge in [0.15, 0.2) is 0 Å². The predicted octanol–water partition coefficient (Wildman–Crippen LogP) is 3.64. The van der Waals surface area contributed by atoms with Crippen molar-refractivity contribution in [3.8, 4) is 0 Å². The van der Waals surface area contributed by atoms with Crippen molar-refractivity contribution in [2.75, 3.05) is 24.6 Å².